The minimum absolute atomic E-state index is 0.00712. The van der Waals surface area contributed by atoms with E-state index in [-0.39, 0.29) is 30.9 Å². The van der Waals surface area contributed by atoms with Crippen molar-refractivity contribution < 1.29 is 24.2 Å². The number of ether oxygens (including phenoxy) is 1. The van der Waals surface area contributed by atoms with Gasteiger partial charge in [0.2, 0.25) is 5.91 Å². The second-order valence-electron chi connectivity index (χ2n) is 8.96. The number of hydrogen-bond donors (Lipinski definition) is 3. The topological polar surface area (TPSA) is 105 Å². The predicted octanol–water partition coefficient (Wildman–Crippen LogP) is 3.92. The molecule has 2 aromatic carbocycles. The standard InChI is InChI=1S/C26H30N2O5/c1-16(24(29)28-23(25(30)31)17-7-6-8-17)13-14-27-26(32)33-15-22-20-11-4-2-9-18(20)19-10-3-5-12-21(19)22/h2-5,9-12,16-17,22-23H,6-8,13-15H2,1H3,(H,27,32)(H,28,29)(H,30,31). The normalized spacial score (nSPS) is 16.6. The number of carbonyl (C=O) groups is 3. The van der Waals surface area contributed by atoms with Crippen LogP contribution in [0.25, 0.3) is 11.1 Å². The molecule has 7 nitrogen and oxygen atoms in total. The molecule has 2 aliphatic carbocycles. The lowest BCUT2D eigenvalue weighted by Crippen LogP contribution is -2.49. The molecule has 0 aliphatic heterocycles. The highest BCUT2D eigenvalue weighted by atomic mass is 16.5. The Balaban J connectivity index is 1.23. The molecular weight excluding hydrogens is 420 g/mol. The number of benzene rings is 2. The maximum atomic E-state index is 12.4. The highest BCUT2D eigenvalue weighted by Crippen LogP contribution is 2.44. The van der Waals surface area contributed by atoms with Gasteiger partial charge in [-0.1, -0.05) is 61.9 Å². The lowest BCUT2D eigenvalue weighted by molar-refractivity contribution is -0.145. The molecule has 2 unspecified atom stereocenters. The quantitative estimate of drug-likeness (QED) is 0.537. The van der Waals surface area contributed by atoms with E-state index in [1.807, 2.05) is 24.3 Å². The zero-order chi connectivity index (χ0) is 23.4. The third-order valence-electron chi connectivity index (χ3n) is 6.82. The average molecular weight is 451 g/mol. The van der Waals surface area contributed by atoms with Crippen LogP contribution in [0.15, 0.2) is 48.5 Å². The van der Waals surface area contributed by atoms with Crippen LogP contribution in [0.1, 0.15) is 49.7 Å². The summed E-state index contributed by atoms with van der Waals surface area (Å²) in [6.45, 7) is 2.23. The van der Waals surface area contributed by atoms with Crippen molar-refractivity contribution in [3.63, 3.8) is 0 Å². The van der Waals surface area contributed by atoms with Crippen LogP contribution in [0.2, 0.25) is 0 Å². The first-order valence-electron chi connectivity index (χ1n) is 11.6. The summed E-state index contributed by atoms with van der Waals surface area (Å²) in [5.74, 6) is -1.70. The fourth-order valence-electron chi connectivity index (χ4n) is 4.62. The summed E-state index contributed by atoms with van der Waals surface area (Å²) in [7, 11) is 0. The molecule has 0 spiro atoms. The van der Waals surface area contributed by atoms with Gasteiger partial charge in [0.1, 0.15) is 12.6 Å². The number of carbonyl (C=O) groups excluding carboxylic acids is 2. The molecule has 3 N–H and O–H groups in total. The fourth-order valence-corrected chi connectivity index (χ4v) is 4.62. The highest BCUT2D eigenvalue weighted by Gasteiger charge is 2.34. The van der Waals surface area contributed by atoms with E-state index >= 15 is 0 Å². The molecule has 4 rings (SSSR count). The number of aliphatic carboxylic acids is 1. The molecular formula is C26H30N2O5. The van der Waals surface area contributed by atoms with Crippen LogP contribution in [-0.2, 0) is 14.3 Å². The molecule has 2 aromatic rings. The van der Waals surface area contributed by atoms with Crippen LogP contribution in [0, 0.1) is 11.8 Å². The molecule has 0 heterocycles. The van der Waals surface area contributed by atoms with Gasteiger partial charge in [0.25, 0.3) is 0 Å². The van der Waals surface area contributed by atoms with Gasteiger partial charge in [-0.15, -0.1) is 0 Å². The third-order valence-corrected chi connectivity index (χ3v) is 6.82. The molecule has 174 valence electrons. The van der Waals surface area contributed by atoms with Gasteiger partial charge in [0.05, 0.1) is 0 Å². The minimum Gasteiger partial charge on any atom is -0.480 e. The maximum Gasteiger partial charge on any atom is 0.407 e. The van der Waals surface area contributed by atoms with E-state index in [1.54, 1.807) is 6.92 Å². The van der Waals surface area contributed by atoms with Crippen LogP contribution in [0.5, 0.6) is 0 Å². The lowest BCUT2D eigenvalue weighted by atomic mass is 9.79. The van der Waals surface area contributed by atoms with Gasteiger partial charge in [0.15, 0.2) is 0 Å². The maximum absolute atomic E-state index is 12.4. The third kappa shape index (κ3) is 5.02. The molecule has 33 heavy (non-hydrogen) atoms. The van der Waals surface area contributed by atoms with E-state index in [4.69, 9.17) is 4.74 Å². The summed E-state index contributed by atoms with van der Waals surface area (Å²) in [5, 5.41) is 14.7. The number of amides is 2. The van der Waals surface area contributed by atoms with Gasteiger partial charge in [-0.2, -0.15) is 0 Å². The van der Waals surface area contributed by atoms with Gasteiger partial charge in [0, 0.05) is 18.4 Å². The number of hydrogen-bond acceptors (Lipinski definition) is 4. The molecule has 0 aromatic heterocycles. The molecule has 1 saturated carbocycles. The van der Waals surface area contributed by atoms with Crippen LogP contribution in [0.3, 0.4) is 0 Å². The van der Waals surface area contributed by atoms with Crippen molar-refractivity contribution in [1.82, 2.24) is 10.6 Å². The number of rotatable bonds is 9. The van der Waals surface area contributed by atoms with Gasteiger partial charge in [-0.25, -0.2) is 9.59 Å². The first-order chi connectivity index (χ1) is 16.0. The number of alkyl carbamates (subject to hydrolysis) is 1. The van der Waals surface area contributed by atoms with Crippen molar-refractivity contribution >= 4 is 18.0 Å². The Morgan fingerprint density at radius 1 is 1.03 bits per heavy atom. The van der Waals surface area contributed by atoms with E-state index in [0.29, 0.717) is 6.42 Å². The zero-order valence-corrected chi connectivity index (χ0v) is 18.8. The van der Waals surface area contributed by atoms with E-state index < -0.39 is 24.0 Å². The summed E-state index contributed by atoms with van der Waals surface area (Å²) in [4.78, 5) is 36.1. The van der Waals surface area contributed by atoms with Gasteiger partial charge < -0.3 is 20.5 Å². The SMILES string of the molecule is CC(CCNC(=O)OCC1c2ccccc2-c2ccccc21)C(=O)NC(C(=O)O)C1CCC1. The lowest BCUT2D eigenvalue weighted by Gasteiger charge is -2.32. The van der Waals surface area contributed by atoms with E-state index in [9.17, 15) is 19.5 Å². The second kappa shape index (κ2) is 10.1. The molecule has 2 atom stereocenters. The first-order valence-corrected chi connectivity index (χ1v) is 11.6. The van der Waals surface area contributed by atoms with E-state index in [1.165, 1.54) is 11.1 Å². The van der Waals surface area contributed by atoms with Crippen LogP contribution in [0.4, 0.5) is 4.79 Å². The Morgan fingerprint density at radius 2 is 1.64 bits per heavy atom. The summed E-state index contributed by atoms with van der Waals surface area (Å²) < 4.78 is 5.50. The van der Waals surface area contributed by atoms with E-state index in [0.717, 1.165) is 30.4 Å². The molecule has 0 saturated heterocycles. The Hall–Kier alpha value is -3.35. The number of carboxylic acids is 1. The van der Waals surface area contributed by atoms with Crippen LogP contribution in [-0.4, -0.2) is 42.3 Å². The van der Waals surface area contributed by atoms with E-state index in [2.05, 4.69) is 34.9 Å². The molecule has 0 bridgehead atoms. The van der Waals surface area contributed by atoms with Gasteiger partial charge in [-0.3, -0.25) is 4.79 Å². The predicted molar refractivity (Wildman–Crippen MR) is 124 cm³/mol. The Bertz CT molecular complexity index is 987. The summed E-state index contributed by atoms with van der Waals surface area (Å²) in [6.07, 6.45) is 2.53. The molecule has 1 fully saturated rings. The Morgan fingerprint density at radius 3 is 2.18 bits per heavy atom. The van der Waals surface area contributed by atoms with Crippen molar-refractivity contribution in [3.05, 3.63) is 59.7 Å². The fraction of sp³-hybridized carbons (Fsp3) is 0.423. The summed E-state index contributed by atoms with van der Waals surface area (Å²) in [6, 6.07) is 15.5. The van der Waals surface area contributed by atoms with Crippen LogP contribution < -0.4 is 10.6 Å². The number of carboxylic acid groups (broad SMARTS) is 1. The molecule has 7 heteroatoms. The van der Waals surface area contributed by atoms with Crippen molar-refractivity contribution in [1.29, 1.82) is 0 Å². The zero-order valence-electron chi connectivity index (χ0n) is 18.8. The molecule has 2 amide bonds. The summed E-state index contributed by atoms with van der Waals surface area (Å²) in [5.41, 5.74) is 4.64. The number of nitrogens with one attached hydrogen (secondary N) is 2. The minimum atomic E-state index is -0.989. The van der Waals surface area contributed by atoms with Gasteiger partial charge >= 0.3 is 12.1 Å². The molecule has 2 aliphatic rings. The first kappa shape index (κ1) is 22.8. The Labute approximate surface area is 193 Å². The summed E-state index contributed by atoms with van der Waals surface area (Å²) >= 11 is 0. The Kier molecular flexibility index (Phi) is 6.96. The van der Waals surface area contributed by atoms with Crippen LogP contribution >= 0.6 is 0 Å². The largest absolute Gasteiger partial charge is 0.480 e. The highest BCUT2D eigenvalue weighted by molar-refractivity contribution is 5.85. The van der Waals surface area contributed by atoms with Crippen molar-refractivity contribution in [3.8, 4) is 11.1 Å². The van der Waals surface area contributed by atoms with Crippen molar-refractivity contribution in [2.45, 2.75) is 44.6 Å². The van der Waals surface area contributed by atoms with Crippen molar-refractivity contribution in [2.24, 2.45) is 11.8 Å². The smallest absolute Gasteiger partial charge is 0.407 e. The average Bonchev–Trinajstić information content (AvgIpc) is 3.09. The second-order valence-corrected chi connectivity index (χ2v) is 8.96. The molecule has 0 radical (unpaired) electrons. The monoisotopic (exact) mass is 450 g/mol. The number of fused-ring (bicyclic) bond motifs is 3. The van der Waals surface area contributed by atoms with Crippen molar-refractivity contribution in [2.75, 3.05) is 13.2 Å². The van der Waals surface area contributed by atoms with Gasteiger partial charge in [-0.05, 0) is 47.4 Å².